The van der Waals surface area contributed by atoms with E-state index in [9.17, 15) is 4.79 Å². The molecule has 0 aliphatic heterocycles. The van der Waals surface area contributed by atoms with Gasteiger partial charge in [0.15, 0.2) is 5.75 Å². The predicted octanol–water partition coefficient (Wildman–Crippen LogP) is 3.57. The highest BCUT2D eigenvalue weighted by Gasteiger charge is 2.37. The molecule has 0 saturated heterocycles. The van der Waals surface area contributed by atoms with Crippen molar-refractivity contribution in [3.8, 4) is 5.75 Å². The van der Waals surface area contributed by atoms with Crippen LogP contribution in [0.3, 0.4) is 0 Å². The van der Waals surface area contributed by atoms with E-state index in [-0.39, 0.29) is 11.3 Å². The number of amides is 1. The Labute approximate surface area is 132 Å². The lowest BCUT2D eigenvalue weighted by Crippen LogP contribution is -2.40. The summed E-state index contributed by atoms with van der Waals surface area (Å²) in [6.07, 6.45) is 3.63. The van der Waals surface area contributed by atoms with Crippen molar-refractivity contribution in [2.24, 2.45) is 11.1 Å². The second kappa shape index (κ2) is 6.33. The standard InChI is InChI=1S/C14H18BrClN2O2/c1-20-13-10(15)5-9(16)6-11(13)18-12(19)7-14(8-17)3-2-4-14/h5-6H,2-4,7-8,17H2,1H3,(H,18,19). The van der Waals surface area contributed by atoms with E-state index < -0.39 is 0 Å². The quantitative estimate of drug-likeness (QED) is 0.842. The number of hydrogen-bond donors (Lipinski definition) is 2. The van der Waals surface area contributed by atoms with Gasteiger partial charge in [-0.2, -0.15) is 0 Å². The molecule has 0 spiro atoms. The highest BCUT2D eigenvalue weighted by molar-refractivity contribution is 9.10. The third kappa shape index (κ3) is 3.27. The number of benzene rings is 1. The van der Waals surface area contributed by atoms with Gasteiger partial charge in [-0.15, -0.1) is 0 Å². The Morgan fingerprint density at radius 2 is 2.25 bits per heavy atom. The number of ether oxygens (including phenoxy) is 1. The van der Waals surface area contributed by atoms with Gasteiger partial charge in [0.1, 0.15) is 0 Å². The molecule has 1 aliphatic rings. The van der Waals surface area contributed by atoms with Gasteiger partial charge in [-0.3, -0.25) is 4.79 Å². The van der Waals surface area contributed by atoms with Gasteiger partial charge in [-0.05, 0) is 52.9 Å². The second-order valence-corrected chi connectivity index (χ2v) is 6.54. The Morgan fingerprint density at radius 1 is 1.55 bits per heavy atom. The minimum Gasteiger partial charge on any atom is -0.493 e. The van der Waals surface area contributed by atoms with Crippen LogP contribution in [0.1, 0.15) is 25.7 Å². The Balaban J connectivity index is 2.11. The summed E-state index contributed by atoms with van der Waals surface area (Å²) >= 11 is 9.37. The van der Waals surface area contributed by atoms with Gasteiger partial charge in [0.05, 0.1) is 17.3 Å². The molecule has 1 aliphatic carbocycles. The summed E-state index contributed by atoms with van der Waals surface area (Å²) in [5, 5.41) is 3.40. The first-order valence-corrected chi connectivity index (χ1v) is 7.70. The molecular weight excluding hydrogens is 344 g/mol. The van der Waals surface area contributed by atoms with Gasteiger partial charge >= 0.3 is 0 Å². The van der Waals surface area contributed by atoms with Crippen molar-refractivity contribution in [3.05, 3.63) is 21.6 Å². The van der Waals surface area contributed by atoms with E-state index in [0.29, 0.717) is 33.9 Å². The fourth-order valence-corrected chi connectivity index (χ4v) is 3.50. The van der Waals surface area contributed by atoms with E-state index in [4.69, 9.17) is 22.1 Å². The van der Waals surface area contributed by atoms with Crippen LogP contribution < -0.4 is 15.8 Å². The van der Waals surface area contributed by atoms with Gasteiger partial charge in [-0.25, -0.2) is 0 Å². The zero-order valence-electron chi connectivity index (χ0n) is 11.3. The normalized spacial score (nSPS) is 16.4. The monoisotopic (exact) mass is 360 g/mol. The number of nitrogens with one attached hydrogen (secondary N) is 1. The predicted molar refractivity (Wildman–Crippen MR) is 84.3 cm³/mol. The maximum absolute atomic E-state index is 12.2. The van der Waals surface area contributed by atoms with Crippen LogP contribution in [0.25, 0.3) is 0 Å². The highest BCUT2D eigenvalue weighted by atomic mass is 79.9. The third-order valence-electron chi connectivity index (χ3n) is 3.87. The molecule has 1 fully saturated rings. The van der Waals surface area contributed by atoms with Crippen LogP contribution in [-0.4, -0.2) is 19.6 Å². The van der Waals surface area contributed by atoms with Crippen molar-refractivity contribution in [2.75, 3.05) is 19.0 Å². The first-order chi connectivity index (χ1) is 9.49. The van der Waals surface area contributed by atoms with Gasteiger partial charge in [-0.1, -0.05) is 18.0 Å². The number of carbonyl (C=O) groups excluding carboxylic acids is 1. The van der Waals surface area contributed by atoms with E-state index in [0.717, 1.165) is 19.3 Å². The van der Waals surface area contributed by atoms with Crippen LogP contribution in [0.15, 0.2) is 16.6 Å². The van der Waals surface area contributed by atoms with Crippen molar-refractivity contribution in [3.63, 3.8) is 0 Å². The van der Waals surface area contributed by atoms with Crippen LogP contribution >= 0.6 is 27.5 Å². The van der Waals surface area contributed by atoms with Gasteiger partial charge in [0.2, 0.25) is 5.91 Å². The lowest BCUT2D eigenvalue weighted by atomic mass is 9.66. The van der Waals surface area contributed by atoms with Crippen molar-refractivity contribution >= 4 is 39.1 Å². The molecule has 0 aromatic heterocycles. The molecule has 1 saturated carbocycles. The fourth-order valence-electron chi connectivity index (χ4n) is 2.53. The smallest absolute Gasteiger partial charge is 0.225 e. The molecule has 1 aromatic carbocycles. The van der Waals surface area contributed by atoms with Gasteiger partial charge < -0.3 is 15.8 Å². The van der Waals surface area contributed by atoms with Crippen LogP contribution in [-0.2, 0) is 4.79 Å². The average Bonchev–Trinajstić information content (AvgIpc) is 2.33. The number of hydrogen-bond acceptors (Lipinski definition) is 3. The van der Waals surface area contributed by atoms with E-state index in [1.54, 1.807) is 19.2 Å². The molecule has 0 radical (unpaired) electrons. The Hall–Kier alpha value is -0.780. The molecule has 110 valence electrons. The lowest BCUT2D eigenvalue weighted by molar-refractivity contribution is -0.119. The van der Waals surface area contributed by atoms with Crippen molar-refractivity contribution in [1.29, 1.82) is 0 Å². The SMILES string of the molecule is COc1c(Br)cc(Cl)cc1NC(=O)CC1(CN)CCC1. The van der Waals surface area contributed by atoms with Crippen LogP contribution in [0, 0.1) is 5.41 Å². The van der Waals surface area contributed by atoms with Crippen LogP contribution in [0.4, 0.5) is 5.69 Å². The number of methoxy groups -OCH3 is 1. The minimum atomic E-state index is -0.0531. The molecule has 4 nitrogen and oxygen atoms in total. The molecule has 3 N–H and O–H groups in total. The van der Waals surface area contributed by atoms with E-state index in [1.165, 1.54) is 0 Å². The third-order valence-corrected chi connectivity index (χ3v) is 4.68. The molecule has 6 heteroatoms. The van der Waals surface area contributed by atoms with Crippen LogP contribution in [0.2, 0.25) is 5.02 Å². The first-order valence-electron chi connectivity index (χ1n) is 6.53. The molecular formula is C14H18BrClN2O2. The molecule has 20 heavy (non-hydrogen) atoms. The lowest BCUT2D eigenvalue weighted by Gasteiger charge is -2.40. The summed E-state index contributed by atoms with van der Waals surface area (Å²) in [4.78, 5) is 12.2. The summed E-state index contributed by atoms with van der Waals surface area (Å²) in [6, 6.07) is 3.41. The fraction of sp³-hybridized carbons (Fsp3) is 0.500. The number of nitrogens with two attached hydrogens (primary N) is 1. The zero-order valence-corrected chi connectivity index (χ0v) is 13.7. The number of halogens is 2. The summed E-state index contributed by atoms with van der Waals surface area (Å²) in [7, 11) is 1.55. The molecule has 0 atom stereocenters. The maximum atomic E-state index is 12.2. The molecule has 1 aromatic rings. The van der Waals surface area contributed by atoms with Crippen LogP contribution in [0.5, 0.6) is 5.75 Å². The summed E-state index contributed by atoms with van der Waals surface area (Å²) < 4.78 is 5.99. The summed E-state index contributed by atoms with van der Waals surface area (Å²) in [5.74, 6) is 0.515. The van der Waals surface area contributed by atoms with E-state index >= 15 is 0 Å². The van der Waals surface area contributed by atoms with Crippen molar-refractivity contribution in [2.45, 2.75) is 25.7 Å². The maximum Gasteiger partial charge on any atom is 0.225 e. The highest BCUT2D eigenvalue weighted by Crippen LogP contribution is 2.43. The Kier molecular flexibility index (Phi) is 4.94. The summed E-state index contributed by atoms with van der Waals surface area (Å²) in [6.45, 7) is 0.552. The number of anilines is 1. The molecule has 0 heterocycles. The Bertz CT molecular complexity index is 513. The molecule has 0 unspecified atom stereocenters. The Morgan fingerprint density at radius 3 is 2.75 bits per heavy atom. The average molecular weight is 362 g/mol. The van der Waals surface area contributed by atoms with E-state index in [2.05, 4.69) is 21.2 Å². The largest absolute Gasteiger partial charge is 0.493 e. The minimum absolute atomic E-state index is 0.0207. The number of rotatable bonds is 5. The van der Waals surface area contributed by atoms with E-state index in [1.807, 2.05) is 0 Å². The topological polar surface area (TPSA) is 64.3 Å². The summed E-state index contributed by atoms with van der Waals surface area (Å²) in [5.41, 5.74) is 6.33. The van der Waals surface area contributed by atoms with Gasteiger partial charge in [0.25, 0.3) is 0 Å². The second-order valence-electron chi connectivity index (χ2n) is 5.25. The zero-order chi connectivity index (χ0) is 14.8. The number of carbonyl (C=O) groups is 1. The molecule has 0 bridgehead atoms. The van der Waals surface area contributed by atoms with Gasteiger partial charge in [0, 0.05) is 11.4 Å². The molecule has 1 amide bonds. The van der Waals surface area contributed by atoms with Crippen molar-refractivity contribution in [1.82, 2.24) is 0 Å². The van der Waals surface area contributed by atoms with Crippen molar-refractivity contribution < 1.29 is 9.53 Å². The molecule has 2 rings (SSSR count). The first kappa shape index (κ1) is 15.6.